The topological polar surface area (TPSA) is 35.5 Å². The zero-order chi connectivity index (χ0) is 8.10. The Morgan fingerprint density at radius 3 is 3.18 bits per heavy atom. The fourth-order valence-electron chi connectivity index (χ4n) is 0.909. The third kappa shape index (κ3) is 2.35. The number of esters is 1. The molecule has 1 atom stereocenters. The van der Waals surface area contributed by atoms with Gasteiger partial charge in [0.05, 0.1) is 13.2 Å². The van der Waals surface area contributed by atoms with Gasteiger partial charge >= 0.3 is 5.97 Å². The molecule has 1 heterocycles. The van der Waals surface area contributed by atoms with Crippen LogP contribution < -0.4 is 0 Å². The highest BCUT2D eigenvalue weighted by molar-refractivity contribution is 5.77. The molecule has 3 nitrogen and oxygen atoms in total. The molecule has 1 rings (SSSR count). The highest BCUT2D eigenvalue weighted by Gasteiger charge is 2.18. The maximum Gasteiger partial charge on any atom is 0.339 e. The van der Waals surface area contributed by atoms with Gasteiger partial charge in [-0.2, -0.15) is 0 Å². The molecule has 3 heteroatoms. The van der Waals surface area contributed by atoms with Gasteiger partial charge in [-0.25, -0.2) is 4.79 Å². The summed E-state index contributed by atoms with van der Waals surface area (Å²) in [6.07, 6.45) is 4.09. The Labute approximate surface area is 66.0 Å². The minimum Gasteiger partial charge on any atom is -0.464 e. The molecule has 0 aromatic rings. The number of carbonyl (C=O) groups excluding carboxylic acids is 1. The van der Waals surface area contributed by atoms with Gasteiger partial charge in [-0.1, -0.05) is 6.08 Å². The molecule has 0 amide bonds. The second-order valence-electron chi connectivity index (χ2n) is 2.26. The maximum atomic E-state index is 11.0. The SMILES string of the molecule is CCOC(=O)C1C=CCCO1. The maximum absolute atomic E-state index is 11.0. The van der Waals surface area contributed by atoms with Gasteiger partial charge in [0.25, 0.3) is 0 Å². The molecule has 1 aliphatic heterocycles. The minimum absolute atomic E-state index is 0.288. The second kappa shape index (κ2) is 4.13. The van der Waals surface area contributed by atoms with Crippen molar-refractivity contribution in [3.05, 3.63) is 12.2 Å². The second-order valence-corrected chi connectivity index (χ2v) is 2.26. The van der Waals surface area contributed by atoms with Gasteiger partial charge in [-0.05, 0) is 19.4 Å². The van der Waals surface area contributed by atoms with Crippen molar-refractivity contribution in [3.8, 4) is 0 Å². The van der Waals surface area contributed by atoms with E-state index in [4.69, 9.17) is 9.47 Å². The summed E-state index contributed by atoms with van der Waals surface area (Å²) in [5.41, 5.74) is 0. The van der Waals surface area contributed by atoms with Crippen LogP contribution in [-0.4, -0.2) is 25.3 Å². The first-order valence-corrected chi connectivity index (χ1v) is 3.79. The third-order valence-corrected chi connectivity index (χ3v) is 1.41. The summed E-state index contributed by atoms with van der Waals surface area (Å²) in [6.45, 7) is 2.80. The first-order chi connectivity index (χ1) is 5.34. The summed E-state index contributed by atoms with van der Waals surface area (Å²) in [4.78, 5) is 11.0. The van der Waals surface area contributed by atoms with Crippen molar-refractivity contribution in [1.82, 2.24) is 0 Å². The van der Waals surface area contributed by atoms with Crippen LogP contribution in [0.2, 0.25) is 0 Å². The van der Waals surface area contributed by atoms with Crippen LogP contribution in [0.1, 0.15) is 13.3 Å². The van der Waals surface area contributed by atoms with Crippen molar-refractivity contribution >= 4 is 5.97 Å². The summed E-state index contributed by atoms with van der Waals surface area (Å²) < 4.78 is 9.90. The van der Waals surface area contributed by atoms with Crippen LogP contribution >= 0.6 is 0 Å². The number of rotatable bonds is 2. The molecule has 62 valence electrons. The largest absolute Gasteiger partial charge is 0.464 e. The zero-order valence-corrected chi connectivity index (χ0v) is 6.58. The third-order valence-electron chi connectivity index (χ3n) is 1.41. The van der Waals surface area contributed by atoms with Crippen molar-refractivity contribution in [1.29, 1.82) is 0 Å². The predicted octanol–water partition coefficient (Wildman–Crippen LogP) is 0.895. The van der Waals surface area contributed by atoms with Gasteiger partial charge in [0.2, 0.25) is 0 Å². The highest BCUT2D eigenvalue weighted by atomic mass is 16.6. The van der Waals surface area contributed by atoms with E-state index in [9.17, 15) is 4.79 Å². The number of hydrogen-bond acceptors (Lipinski definition) is 3. The lowest BCUT2D eigenvalue weighted by atomic mass is 10.2. The fourth-order valence-corrected chi connectivity index (χ4v) is 0.909. The van der Waals surface area contributed by atoms with Crippen molar-refractivity contribution in [2.75, 3.05) is 13.2 Å². The van der Waals surface area contributed by atoms with Crippen LogP contribution in [-0.2, 0) is 14.3 Å². The molecule has 0 N–H and O–H groups in total. The first kappa shape index (κ1) is 8.27. The van der Waals surface area contributed by atoms with E-state index >= 15 is 0 Å². The Bertz CT molecular complexity index is 163. The summed E-state index contributed by atoms with van der Waals surface area (Å²) >= 11 is 0. The van der Waals surface area contributed by atoms with E-state index in [1.807, 2.05) is 6.08 Å². The lowest BCUT2D eigenvalue weighted by molar-refractivity contribution is -0.153. The molecule has 1 aliphatic rings. The molecular formula is C8H12O3. The average Bonchev–Trinajstić information content (AvgIpc) is 2.07. The monoisotopic (exact) mass is 156 g/mol. The van der Waals surface area contributed by atoms with Crippen molar-refractivity contribution in [2.45, 2.75) is 19.4 Å². The summed E-state index contributed by atoms with van der Waals surface area (Å²) in [6, 6.07) is 0. The van der Waals surface area contributed by atoms with Crippen LogP contribution in [0.15, 0.2) is 12.2 Å². The number of ether oxygens (including phenoxy) is 2. The molecule has 0 bridgehead atoms. The lowest BCUT2D eigenvalue weighted by Gasteiger charge is -2.15. The Morgan fingerprint density at radius 1 is 1.82 bits per heavy atom. The van der Waals surface area contributed by atoms with Crippen LogP contribution in [0, 0.1) is 0 Å². The smallest absolute Gasteiger partial charge is 0.339 e. The van der Waals surface area contributed by atoms with E-state index in [0.717, 1.165) is 6.42 Å². The lowest BCUT2D eigenvalue weighted by Crippen LogP contribution is -2.26. The van der Waals surface area contributed by atoms with Crippen LogP contribution in [0.25, 0.3) is 0 Å². The molecule has 0 aromatic carbocycles. The Morgan fingerprint density at radius 2 is 2.64 bits per heavy atom. The molecular weight excluding hydrogens is 144 g/mol. The average molecular weight is 156 g/mol. The molecule has 0 aromatic heterocycles. The Kier molecular flexibility index (Phi) is 3.11. The van der Waals surface area contributed by atoms with Crippen LogP contribution in [0.3, 0.4) is 0 Å². The molecule has 1 unspecified atom stereocenters. The van der Waals surface area contributed by atoms with E-state index in [2.05, 4.69) is 0 Å². The van der Waals surface area contributed by atoms with Gasteiger partial charge in [0, 0.05) is 0 Å². The van der Waals surface area contributed by atoms with Gasteiger partial charge in [-0.15, -0.1) is 0 Å². The predicted molar refractivity (Wildman–Crippen MR) is 40.1 cm³/mol. The van der Waals surface area contributed by atoms with E-state index in [-0.39, 0.29) is 5.97 Å². The summed E-state index contributed by atoms with van der Waals surface area (Å²) in [5, 5.41) is 0. The molecule has 0 aliphatic carbocycles. The van der Waals surface area contributed by atoms with Crippen LogP contribution in [0.4, 0.5) is 0 Å². The summed E-state index contributed by atoms with van der Waals surface area (Å²) in [7, 11) is 0. The van der Waals surface area contributed by atoms with Crippen molar-refractivity contribution in [2.24, 2.45) is 0 Å². The molecule has 0 saturated carbocycles. The van der Waals surface area contributed by atoms with E-state index in [0.29, 0.717) is 13.2 Å². The normalized spacial score (nSPS) is 23.2. The van der Waals surface area contributed by atoms with E-state index in [1.165, 1.54) is 0 Å². The van der Waals surface area contributed by atoms with Crippen LogP contribution in [0.5, 0.6) is 0 Å². The van der Waals surface area contributed by atoms with Gasteiger partial charge in [0.15, 0.2) is 6.10 Å². The van der Waals surface area contributed by atoms with Gasteiger partial charge in [0.1, 0.15) is 0 Å². The molecule has 11 heavy (non-hydrogen) atoms. The van der Waals surface area contributed by atoms with Crippen molar-refractivity contribution < 1.29 is 14.3 Å². The molecule has 0 fully saturated rings. The standard InChI is InChI=1S/C8H12O3/c1-2-10-8(9)7-5-3-4-6-11-7/h3,5,7H,2,4,6H2,1H3. The number of hydrogen-bond donors (Lipinski definition) is 0. The van der Waals surface area contributed by atoms with Gasteiger partial charge in [-0.3, -0.25) is 0 Å². The summed E-state index contributed by atoms with van der Waals surface area (Å²) in [5.74, 6) is -0.288. The number of carbonyl (C=O) groups is 1. The Balaban J connectivity index is 2.39. The van der Waals surface area contributed by atoms with E-state index < -0.39 is 6.10 Å². The zero-order valence-electron chi connectivity index (χ0n) is 6.58. The molecule has 0 saturated heterocycles. The Hall–Kier alpha value is -0.830. The first-order valence-electron chi connectivity index (χ1n) is 3.79. The van der Waals surface area contributed by atoms with Gasteiger partial charge < -0.3 is 9.47 Å². The molecule has 0 spiro atoms. The molecule has 0 radical (unpaired) electrons. The van der Waals surface area contributed by atoms with Crippen molar-refractivity contribution in [3.63, 3.8) is 0 Å². The fraction of sp³-hybridized carbons (Fsp3) is 0.625. The highest BCUT2D eigenvalue weighted by Crippen LogP contribution is 2.05. The quantitative estimate of drug-likeness (QED) is 0.440. The van der Waals surface area contributed by atoms with E-state index in [1.54, 1.807) is 13.0 Å². The minimum atomic E-state index is -0.469.